The molecule has 1 heterocycles. The van der Waals surface area contributed by atoms with Crippen LogP contribution in [-0.2, 0) is 9.84 Å². The minimum Gasteiger partial charge on any atom is -0.305 e. The smallest absolute Gasteiger partial charge is 0.153 e. The van der Waals surface area contributed by atoms with Crippen LogP contribution in [0.5, 0.6) is 0 Å². The Morgan fingerprint density at radius 1 is 1.44 bits per heavy atom. The van der Waals surface area contributed by atoms with E-state index >= 15 is 0 Å². The summed E-state index contributed by atoms with van der Waals surface area (Å²) in [6.45, 7) is 1.95. The van der Waals surface area contributed by atoms with Gasteiger partial charge in [0.05, 0.1) is 11.5 Å². The first-order chi connectivity index (χ1) is 8.41. The molecule has 100 valence electrons. The van der Waals surface area contributed by atoms with E-state index in [-0.39, 0.29) is 29.4 Å². The first kappa shape index (κ1) is 14.0. The summed E-state index contributed by atoms with van der Waals surface area (Å²) in [6.07, 6.45) is 0.758. The van der Waals surface area contributed by atoms with Crippen LogP contribution in [0.2, 0.25) is 0 Å². The average Bonchev–Trinajstić information content (AvgIpc) is 2.26. The summed E-state index contributed by atoms with van der Waals surface area (Å²) in [4.78, 5) is 0. The van der Waals surface area contributed by atoms with E-state index in [4.69, 9.17) is 0 Å². The lowest BCUT2D eigenvalue weighted by Crippen LogP contribution is -2.46. The number of hydrogen-bond acceptors (Lipinski definition) is 3. The molecule has 1 aliphatic rings. The number of hydrogen-bond donors (Lipinski definition) is 1. The van der Waals surface area contributed by atoms with E-state index in [2.05, 4.69) is 21.2 Å². The van der Waals surface area contributed by atoms with Crippen molar-refractivity contribution in [3.63, 3.8) is 0 Å². The van der Waals surface area contributed by atoms with E-state index in [1.54, 1.807) is 6.07 Å². The second-order valence-corrected chi connectivity index (χ2v) is 7.58. The Hall–Kier alpha value is -0.460. The Morgan fingerprint density at radius 2 is 2.17 bits per heavy atom. The Balaban J connectivity index is 2.32. The molecular weight excluding hydrogens is 321 g/mol. The van der Waals surface area contributed by atoms with Crippen LogP contribution in [0.4, 0.5) is 4.39 Å². The first-order valence-electron chi connectivity index (χ1n) is 5.82. The molecule has 2 atom stereocenters. The van der Waals surface area contributed by atoms with Gasteiger partial charge < -0.3 is 5.32 Å². The molecule has 3 nitrogen and oxygen atoms in total. The van der Waals surface area contributed by atoms with Gasteiger partial charge in [-0.1, -0.05) is 28.9 Å². The number of halogens is 2. The predicted molar refractivity (Wildman–Crippen MR) is 72.7 cm³/mol. The lowest BCUT2D eigenvalue weighted by atomic mass is 10.1. The van der Waals surface area contributed by atoms with Crippen molar-refractivity contribution in [2.75, 3.05) is 11.5 Å². The third-order valence-electron chi connectivity index (χ3n) is 3.14. The van der Waals surface area contributed by atoms with Crippen LogP contribution in [0, 0.1) is 5.82 Å². The molecule has 6 heteroatoms. The number of benzene rings is 1. The zero-order valence-electron chi connectivity index (χ0n) is 9.99. The van der Waals surface area contributed by atoms with Gasteiger partial charge in [-0.25, -0.2) is 12.8 Å². The largest absolute Gasteiger partial charge is 0.305 e. The molecule has 0 aromatic heterocycles. The summed E-state index contributed by atoms with van der Waals surface area (Å²) < 4.78 is 37.3. The van der Waals surface area contributed by atoms with E-state index in [0.717, 1.165) is 12.0 Å². The third-order valence-corrected chi connectivity index (χ3v) is 5.58. The number of rotatable bonds is 2. The highest BCUT2D eigenvalue weighted by Gasteiger charge is 2.31. The van der Waals surface area contributed by atoms with Gasteiger partial charge in [0.25, 0.3) is 0 Å². The van der Waals surface area contributed by atoms with Crippen molar-refractivity contribution in [3.8, 4) is 0 Å². The van der Waals surface area contributed by atoms with Crippen LogP contribution >= 0.6 is 15.9 Å². The zero-order valence-corrected chi connectivity index (χ0v) is 12.4. The van der Waals surface area contributed by atoms with E-state index < -0.39 is 9.84 Å². The van der Waals surface area contributed by atoms with E-state index in [1.807, 2.05) is 6.92 Å². The fraction of sp³-hybridized carbons (Fsp3) is 0.500. The van der Waals surface area contributed by atoms with Crippen LogP contribution in [0.15, 0.2) is 22.7 Å². The molecule has 0 bridgehead atoms. The molecule has 1 aliphatic heterocycles. The Bertz CT molecular complexity index is 547. The third kappa shape index (κ3) is 3.10. The van der Waals surface area contributed by atoms with Crippen molar-refractivity contribution >= 4 is 25.8 Å². The van der Waals surface area contributed by atoms with Gasteiger partial charge in [-0.3, -0.25) is 0 Å². The quantitative estimate of drug-likeness (QED) is 0.902. The lowest BCUT2D eigenvalue weighted by molar-refractivity contribution is 0.439. The van der Waals surface area contributed by atoms with Crippen molar-refractivity contribution in [1.82, 2.24) is 5.32 Å². The maximum absolute atomic E-state index is 13.0. The summed E-state index contributed by atoms with van der Waals surface area (Å²) in [7, 11) is -3.05. The maximum Gasteiger partial charge on any atom is 0.153 e. The van der Waals surface area contributed by atoms with Crippen LogP contribution < -0.4 is 5.32 Å². The van der Waals surface area contributed by atoms with Crippen molar-refractivity contribution in [2.45, 2.75) is 25.4 Å². The average molecular weight is 336 g/mol. The number of nitrogens with one attached hydrogen (secondary N) is 1. The van der Waals surface area contributed by atoms with Gasteiger partial charge in [-0.05, 0) is 24.1 Å². The molecule has 1 N–H and O–H groups in total. The Kier molecular flexibility index (Phi) is 4.08. The molecule has 0 spiro atoms. The lowest BCUT2D eigenvalue weighted by Gasteiger charge is -2.31. The van der Waals surface area contributed by atoms with Crippen LogP contribution in [0.3, 0.4) is 0 Å². The summed E-state index contributed by atoms with van der Waals surface area (Å²) in [6, 6.07) is 4.03. The fourth-order valence-electron chi connectivity index (χ4n) is 2.21. The molecule has 0 aliphatic carbocycles. The molecule has 0 amide bonds. The second-order valence-electron chi connectivity index (χ2n) is 4.57. The Morgan fingerprint density at radius 3 is 2.78 bits per heavy atom. The topological polar surface area (TPSA) is 46.2 Å². The highest BCUT2D eigenvalue weighted by atomic mass is 79.9. The van der Waals surface area contributed by atoms with Gasteiger partial charge in [0.1, 0.15) is 5.82 Å². The van der Waals surface area contributed by atoms with Gasteiger partial charge in [0, 0.05) is 16.6 Å². The maximum atomic E-state index is 13.0. The molecule has 18 heavy (non-hydrogen) atoms. The molecular formula is C12H15BrFNO2S. The molecule has 0 radical (unpaired) electrons. The molecule has 0 saturated carbocycles. The molecule has 1 fully saturated rings. The van der Waals surface area contributed by atoms with Crippen LogP contribution in [0.25, 0.3) is 0 Å². The predicted octanol–water partition coefficient (Wildman–Crippen LogP) is 2.43. The van der Waals surface area contributed by atoms with Crippen molar-refractivity contribution in [3.05, 3.63) is 34.1 Å². The minimum absolute atomic E-state index is 0.0364. The first-order valence-corrected chi connectivity index (χ1v) is 8.44. The summed E-state index contributed by atoms with van der Waals surface area (Å²) in [5.74, 6) is -0.0941. The standard InChI is InChI=1S/C12H15BrFNO2S/c1-2-9-6-18(16,17)7-12(15-9)10-4-3-8(14)5-11(10)13/h3-5,9,12,15H,2,6-7H2,1H3. The molecule has 1 aromatic carbocycles. The normalized spacial score (nSPS) is 27.1. The summed E-state index contributed by atoms with van der Waals surface area (Å²) in [5.41, 5.74) is 0.790. The van der Waals surface area contributed by atoms with Crippen molar-refractivity contribution in [2.24, 2.45) is 0 Å². The van der Waals surface area contributed by atoms with Gasteiger partial charge in [-0.15, -0.1) is 0 Å². The molecule has 1 aromatic rings. The van der Waals surface area contributed by atoms with Gasteiger partial charge >= 0.3 is 0 Å². The van der Waals surface area contributed by atoms with E-state index in [1.165, 1.54) is 12.1 Å². The molecule has 2 unspecified atom stereocenters. The highest BCUT2D eigenvalue weighted by molar-refractivity contribution is 9.10. The second kappa shape index (κ2) is 5.27. The van der Waals surface area contributed by atoms with Gasteiger partial charge in [0.2, 0.25) is 0 Å². The van der Waals surface area contributed by atoms with Gasteiger partial charge in [0.15, 0.2) is 9.84 Å². The zero-order chi connectivity index (χ0) is 13.3. The minimum atomic E-state index is -3.05. The summed E-state index contributed by atoms with van der Waals surface area (Å²) >= 11 is 3.29. The highest BCUT2D eigenvalue weighted by Crippen LogP contribution is 2.28. The van der Waals surface area contributed by atoms with Crippen LogP contribution in [-0.4, -0.2) is 26.0 Å². The SMILES string of the molecule is CCC1CS(=O)(=O)CC(c2ccc(F)cc2Br)N1. The van der Waals surface area contributed by atoms with E-state index in [0.29, 0.717) is 4.47 Å². The molecule has 2 rings (SSSR count). The van der Waals surface area contributed by atoms with Crippen LogP contribution in [0.1, 0.15) is 24.9 Å². The molecule has 1 saturated heterocycles. The fourth-order valence-corrected chi connectivity index (χ4v) is 4.70. The summed E-state index contributed by atoms with van der Waals surface area (Å²) in [5, 5.41) is 3.30. The van der Waals surface area contributed by atoms with Crippen molar-refractivity contribution in [1.29, 1.82) is 0 Å². The van der Waals surface area contributed by atoms with Crippen molar-refractivity contribution < 1.29 is 12.8 Å². The number of sulfone groups is 1. The monoisotopic (exact) mass is 335 g/mol. The Labute approximate surface area is 115 Å². The van der Waals surface area contributed by atoms with Gasteiger partial charge in [-0.2, -0.15) is 0 Å². The van der Waals surface area contributed by atoms with E-state index in [9.17, 15) is 12.8 Å².